The number of hydrogen-bond donors (Lipinski definition) is 3. The van der Waals surface area contributed by atoms with Crippen molar-refractivity contribution in [3.63, 3.8) is 0 Å². The Morgan fingerprint density at radius 2 is 2.03 bits per heavy atom. The number of aromatic nitrogens is 7. The molecular formula is C24H29N9O. The molecular weight excluding hydrogens is 430 g/mol. The van der Waals surface area contributed by atoms with Crippen LogP contribution in [0.1, 0.15) is 42.2 Å². The SMILES string of the molecule is CCn1nc(C)cc1-c1nnc(-c2cc(C(N)=O)cc3c2cnn3CC2CC3(CCNC3)C2)[nH]1. The van der Waals surface area contributed by atoms with Gasteiger partial charge in [-0.2, -0.15) is 10.2 Å². The minimum absolute atomic E-state index is 0.432. The highest BCUT2D eigenvalue weighted by atomic mass is 16.1. The lowest BCUT2D eigenvalue weighted by molar-refractivity contribution is 0.0627. The van der Waals surface area contributed by atoms with Gasteiger partial charge in [0.2, 0.25) is 5.91 Å². The van der Waals surface area contributed by atoms with Crippen LogP contribution in [-0.4, -0.2) is 53.7 Å². The predicted octanol–water partition coefficient (Wildman–Crippen LogP) is 2.50. The summed E-state index contributed by atoms with van der Waals surface area (Å²) in [6, 6.07) is 5.59. The van der Waals surface area contributed by atoms with E-state index in [0.29, 0.717) is 28.5 Å². The van der Waals surface area contributed by atoms with Crippen LogP contribution in [0.25, 0.3) is 33.8 Å². The molecule has 2 aliphatic rings. The number of nitrogens with one attached hydrogen (secondary N) is 2. The number of nitrogens with zero attached hydrogens (tertiary/aromatic N) is 6. The highest BCUT2D eigenvalue weighted by Crippen LogP contribution is 2.50. The van der Waals surface area contributed by atoms with E-state index in [4.69, 9.17) is 5.73 Å². The third-order valence-corrected chi connectivity index (χ3v) is 7.44. The fraction of sp³-hybridized carbons (Fsp3) is 0.458. The molecule has 3 aromatic heterocycles. The van der Waals surface area contributed by atoms with Gasteiger partial charge in [-0.1, -0.05) is 0 Å². The third-order valence-electron chi connectivity index (χ3n) is 7.44. The number of benzene rings is 1. The van der Waals surface area contributed by atoms with Crippen molar-refractivity contribution in [2.24, 2.45) is 17.1 Å². The summed E-state index contributed by atoms with van der Waals surface area (Å²) in [6.45, 7) is 7.81. The number of aromatic amines is 1. The molecule has 0 unspecified atom stereocenters. The summed E-state index contributed by atoms with van der Waals surface area (Å²) >= 11 is 0. The molecule has 4 aromatic rings. The molecule has 6 rings (SSSR count). The van der Waals surface area contributed by atoms with Crippen molar-refractivity contribution in [2.45, 2.75) is 46.2 Å². The number of carbonyl (C=O) groups excluding carboxylic acids is 1. The first-order chi connectivity index (χ1) is 16.4. The fourth-order valence-electron chi connectivity index (χ4n) is 5.82. The van der Waals surface area contributed by atoms with E-state index in [0.717, 1.165) is 54.0 Å². The van der Waals surface area contributed by atoms with E-state index in [1.54, 1.807) is 6.07 Å². The Hall–Kier alpha value is -3.53. The average molecular weight is 460 g/mol. The molecule has 0 radical (unpaired) electrons. The number of carbonyl (C=O) groups is 1. The van der Waals surface area contributed by atoms with Crippen molar-refractivity contribution in [3.8, 4) is 22.9 Å². The summed E-state index contributed by atoms with van der Waals surface area (Å²) in [5, 5.41) is 22.4. The summed E-state index contributed by atoms with van der Waals surface area (Å²) in [5.74, 6) is 1.32. The van der Waals surface area contributed by atoms with Gasteiger partial charge in [-0.05, 0) is 69.2 Å². The monoisotopic (exact) mass is 459 g/mol. The molecule has 4 heterocycles. The minimum Gasteiger partial charge on any atom is -0.366 e. The Morgan fingerprint density at radius 1 is 1.21 bits per heavy atom. The first-order valence-electron chi connectivity index (χ1n) is 11.9. The van der Waals surface area contributed by atoms with Gasteiger partial charge < -0.3 is 16.0 Å². The number of amides is 1. The molecule has 1 saturated carbocycles. The zero-order chi connectivity index (χ0) is 23.4. The minimum atomic E-state index is -0.477. The highest BCUT2D eigenvalue weighted by Gasteiger charge is 2.45. The van der Waals surface area contributed by atoms with Crippen molar-refractivity contribution in [1.82, 2.24) is 40.1 Å². The molecule has 1 saturated heterocycles. The maximum absolute atomic E-state index is 12.2. The zero-order valence-electron chi connectivity index (χ0n) is 19.5. The lowest BCUT2D eigenvalue weighted by Crippen LogP contribution is -2.40. The summed E-state index contributed by atoms with van der Waals surface area (Å²) in [6.07, 6.45) is 5.56. The van der Waals surface area contributed by atoms with Crippen LogP contribution in [-0.2, 0) is 13.1 Å². The largest absolute Gasteiger partial charge is 0.366 e. The van der Waals surface area contributed by atoms with Crippen molar-refractivity contribution >= 4 is 16.8 Å². The number of hydrogen-bond acceptors (Lipinski definition) is 6. The van der Waals surface area contributed by atoms with Crippen LogP contribution in [0.3, 0.4) is 0 Å². The Balaban J connectivity index is 1.36. The molecule has 4 N–H and O–H groups in total. The van der Waals surface area contributed by atoms with Crippen molar-refractivity contribution < 1.29 is 4.79 Å². The van der Waals surface area contributed by atoms with Gasteiger partial charge >= 0.3 is 0 Å². The van der Waals surface area contributed by atoms with Gasteiger partial charge in [-0.25, -0.2) is 0 Å². The molecule has 1 amide bonds. The Kier molecular flexibility index (Phi) is 4.80. The molecule has 0 bridgehead atoms. The standard InChI is InChI=1S/C24H29N9O/c1-3-32-20(6-14(2)31-32)23-28-22(29-30-23)17-7-16(21(25)34)8-19-18(17)11-27-33(19)12-15-9-24(10-15)4-5-26-13-24/h6-8,11,15,26H,3-5,9-10,12-13H2,1-2H3,(H2,25,34)(H,28,29,30). The van der Waals surface area contributed by atoms with E-state index in [1.807, 2.05) is 41.5 Å². The van der Waals surface area contributed by atoms with E-state index < -0.39 is 5.91 Å². The highest BCUT2D eigenvalue weighted by molar-refractivity contribution is 6.02. The summed E-state index contributed by atoms with van der Waals surface area (Å²) in [7, 11) is 0. The van der Waals surface area contributed by atoms with Gasteiger partial charge in [0.15, 0.2) is 11.6 Å². The molecule has 10 heteroatoms. The van der Waals surface area contributed by atoms with E-state index in [-0.39, 0.29) is 0 Å². The second kappa shape index (κ2) is 7.76. The molecule has 176 valence electrons. The second-order valence-corrected chi connectivity index (χ2v) is 9.86. The van der Waals surface area contributed by atoms with Crippen LogP contribution in [0.4, 0.5) is 0 Å². The van der Waals surface area contributed by atoms with Gasteiger partial charge in [0.05, 0.1) is 17.4 Å². The maximum atomic E-state index is 12.2. The first kappa shape index (κ1) is 21.0. The van der Waals surface area contributed by atoms with E-state index >= 15 is 0 Å². The first-order valence-corrected chi connectivity index (χ1v) is 11.9. The van der Waals surface area contributed by atoms with Crippen molar-refractivity contribution in [1.29, 1.82) is 0 Å². The Bertz CT molecular complexity index is 1380. The third kappa shape index (κ3) is 3.40. The molecule has 1 aromatic carbocycles. The normalized spacial score (nSPS) is 22.0. The average Bonchev–Trinajstić information content (AvgIpc) is 3.58. The lowest BCUT2D eigenvalue weighted by Gasteiger charge is -2.45. The number of fused-ring (bicyclic) bond motifs is 1. The zero-order valence-corrected chi connectivity index (χ0v) is 19.5. The van der Waals surface area contributed by atoms with Crippen molar-refractivity contribution in [3.05, 3.63) is 35.7 Å². The number of nitrogens with two attached hydrogens (primary N) is 1. The number of rotatable bonds is 6. The van der Waals surface area contributed by atoms with Gasteiger partial charge in [0.1, 0.15) is 5.69 Å². The van der Waals surface area contributed by atoms with Crippen LogP contribution in [0.15, 0.2) is 24.4 Å². The van der Waals surface area contributed by atoms with Crippen LogP contribution < -0.4 is 11.1 Å². The summed E-state index contributed by atoms with van der Waals surface area (Å²) in [5.41, 5.74) is 10.1. The maximum Gasteiger partial charge on any atom is 0.248 e. The molecule has 1 aliphatic heterocycles. The van der Waals surface area contributed by atoms with E-state index in [1.165, 1.54) is 19.3 Å². The van der Waals surface area contributed by atoms with Crippen molar-refractivity contribution in [2.75, 3.05) is 13.1 Å². The number of primary amides is 1. The van der Waals surface area contributed by atoms with E-state index in [2.05, 4.69) is 30.7 Å². The molecule has 0 atom stereocenters. The predicted molar refractivity (Wildman–Crippen MR) is 128 cm³/mol. The topological polar surface area (TPSA) is 132 Å². The van der Waals surface area contributed by atoms with Gasteiger partial charge in [-0.15, -0.1) is 10.2 Å². The van der Waals surface area contributed by atoms with Crippen LogP contribution in [0.5, 0.6) is 0 Å². The molecule has 2 fully saturated rings. The van der Waals surface area contributed by atoms with E-state index in [9.17, 15) is 4.79 Å². The number of H-pyrrole nitrogens is 1. The molecule has 34 heavy (non-hydrogen) atoms. The quantitative estimate of drug-likeness (QED) is 0.406. The Labute approximate surface area is 196 Å². The van der Waals surface area contributed by atoms with Gasteiger partial charge in [0.25, 0.3) is 0 Å². The smallest absolute Gasteiger partial charge is 0.248 e. The fourth-order valence-corrected chi connectivity index (χ4v) is 5.82. The molecule has 1 aliphatic carbocycles. The summed E-state index contributed by atoms with van der Waals surface area (Å²) < 4.78 is 3.90. The lowest BCUT2D eigenvalue weighted by atomic mass is 9.61. The van der Waals surface area contributed by atoms with Gasteiger partial charge in [0, 0.05) is 36.1 Å². The molecule has 1 spiro atoms. The second-order valence-electron chi connectivity index (χ2n) is 9.86. The molecule has 10 nitrogen and oxygen atoms in total. The van der Waals surface area contributed by atoms with Crippen LogP contribution in [0, 0.1) is 18.3 Å². The Morgan fingerprint density at radius 3 is 2.76 bits per heavy atom. The number of aryl methyl sites for hydroxylation is 2. The van der Waals surface area contributed by atoms with Gasteiger partial charge in [-0.3, -0.25) is 14.2 Å². The summed E-state index contributed by atoms with van der Waals surface area (Å²) in [4.78, 5) is 15.5. The van der Waals surface area contributed by atoms with Crippen LogP contribution in [0.2, 0.25) is 0 Å². The van der Waals surface area contributed by atoms with Crippen LogP contribution >= 0.6 is 0 Å².